The van der Waals surface area contributed by atoms with Gasteiger partial charge >= 0.3 is 0 Å². The Morgan fingerprint density at radius 2 is 1.96 bits per heavy atom. The molecular formula is C19H22INO3. The molecule has 1 amide bonds. The number of hydrogen-bond acceptors (Lipinski definition) is 3. The van der Waals surface area contributed by atoms with Crippen molar-refractivity contribution in [2.75, 3.05) is 19.0 Å². The summed E-state index contributed by atoms with van der Waals surface area (Å²) in [6.07, 6.45) is 0.911. The van der Waals surface area contributed by atoms with E-state index in [0.717, 1.165) is 26.8 Å². The van der Waals surface area contributed by atoms with E-state index in [1.165, 1.54) is 0 Å². The van der Waals surface area contributed by atoms with Crippen molar-refractivity contribution in [3.8, 4) is 11.5 Å². The highest BCUT2D eigenvalue weighted by molar-refractivity contribution is 14.1. The SMILES string of the molecule is CCCOc1c(I)cc(C(=O)Nc2cc(C)ccc2C)cc1OC. The average Bonchev–Trinajstić information content (AvgIpc) is 2.56. The Morgan fingerprint density at radius 1 is 1.21 bits per heavy atom. The summed E-state index contributed by atoms with van der Waals surface area (Å²) in [6, 6.07) is 9.52. The summed E-state index contributed by atoms with van der Waals surface area (Å²) in [5.41, 5.74) is 3.49. The number of amides is 1. The van der Waals surface area contributed by atoms with E-state index in [9.17, 15) is 4.79 Å². The van der Waals surface area contributed by atoms with Crippen molar-refractivity contribution in [2.24, 2.45) is 0 Å². The quantitative estimate of drug-likeness (QED) is 0.648. The average molecular weight is 439 g/mol. The lowest BCUT2D eigenvalue weighted by Gasteiger charge is -2.14. The van der Waals surface area contributed by atoms with E-state index in [0.29, 0.717) is 23.7 Å². The van der Waals surface area contributed by atoms with Gasteiger partial charge in [0, 0.05) is 11.3 Å². The molecule has 0 bridgehead atoms. The van der Waals surface area contributed by atoms with Gasteiger partial charge in [-0.05, 0) is 72.2 Å². The first-order chi connectivity index (χ1) is 11.5. The molecule has 0 aliphatic carbocycles. The minimum atomic E-state index is -0.165. The third-order valence-corrected chi connectivity index (χ3v) is 4.38. The van der Waals surface area contributed by atoms with E-state index >= 15 is 0 Å². The molecule has 0 fully saturated rings. The molecule has 0 atom stereocenters. The van der Waals surface area contributed by atoms with Crippen LogP contribution in [0.4, 0.5) is 5.69 Å². The first kappa shape index (κ1) is 18.6. The van der Waals surface area contributed by atoms with E-state index in [-0.39, 0.29) is 5.91 Å². The largest absolute Gasteiger partial charge is 0.493 e. The molecule has 0 aliphatic rings. The fourth-order valence-corrected chi connectivity index (χ4v) is 3.02. The Morgan fingerprint density at radius 3 is 2.62 bits per heavy atom. The van der Waals surface area contributed by atoms with E-state index in [1.54, 1.807) is 13.2 Å². The number of anilines is 1. The van der Waals surface area contributed by atoms with Gasteiger partial charge in [0.15, 0.2) is 11.5 Å². The number of benzene rings is 2. The van der Waals surface area contributed by atoms with Gasteiger partial charge in [-0.1, -0.05) is 19.1 Å². The molecule has 0 spiro atoms. The van der Waals surface area contributed by atoms with Crippen LogP contribution in [0.15, 0.2) is 30.3 Å². The van der Waals surface area contributed by atoms with Crippen molar-refractivity contribution in [3.63, 3.8) is 0 Å². The summed E-state index contributed by atoms with van der Waals surface area (Å²) in [4.78, 5) is 12.6. The van der Waals surface area contributed by atoms with E-state index < -0.39 is 0 Å². The molecule has 2 aromatic rings. The maximum Gasteiger partial charge on any atom is 0.255 e. The molecule has 0 saturated carbocycles. The third kappa shape index (κ3) is 4.41. The van der Waals surface area contributed by atoms with Crippen LogP contribution in [0.25, 0.3) is 0 Å². The van der Waals surface area contributed by atoms with Crippen LogP contribution < -0.4 is 14.8 Å². The van der Waals surface area contributed by atoms with E-state index in [4.69, 9.17) is 9.47 Å². The zero-order valence-corrected chi connectivity index (χ0v) is 16.6. The van der Waals surface area contributed by atoms with Crippen LogP contribution in [0.2, 0.25) is 0 Å². The second kappa shape index (κ2) is 8.37. The Bertz CT molecular complexity index is 744. The minimum Gasteiger partial charge on any atom is -0.493 e. The number of methoxy groups -OCH3 is 1. The molecule has 2 aromatic carbocycles. The van der Waals surface area contributed by atoms with Crippen molar-refractivity contribution in [3.05, 3.63) is 50.6 Å². The van der Waals surface area contributed by atoms with Gasteiger partial charge in [-0.2, -0.15) is 0 Å². The highest BCUT2D eigenvalue weighted by atomic mass is 127. The first-order valence-corrected chi connectivity index (χ1v) is 8.93. The lowest BCUT2D eigenvalue weighted by atomic mass is 10.1. The van der Waals surface area contributed by atoms with Gasteiger partial charge in [0.1, 0.15) is 0 Å². The molecule has 0 heterocycles. The van der Waals surface area contributed by atoms with Crippen LogP contribution >= 0.6 is 22.6 Å². The molecule has 4 nitrogen and oxygen atoms in total. The summed E-state index contributed by atoms with van der Waals surface area (Å²) in [5, 5.41) is 2.97. The topological polar surface area (TPSA) is 47.6 Å². The molecule has 24 heavy (non-hydrogen) atoms. The summed E-state index contributed by atoms with van der Waals surface area (Å²) in [7, 11) is 1.58. The Labute approximate surface area is 156 Å². The fraction of sp³-hybridized carbons (Fsp3) is 0.316. The van der Waals surface area contributed by atoms with Gasteiger partial charge in [-0.15, -0.1) is 0 Å². The Hall–Kier alpha value is -1.76. The van der Waals surface area contributed by atoms with Gasteiger partial charge in [-0.25, -0.2) is 0 Å². The van der Waals surface area contributed by atoms with Gasteiger partial charge in [0.05, 0.1) is 17.3 Å². The molecule has 128 valence electrons. The molecule has 5 heteroatoms. The Balaban J connectivity index is 2.29. The molecule has 0 saturated heterocycles. The minimum absolute atomic E-state index is 0.165. The van der Waals surface area contributed by atoms with Gasteiger partial charge < -0.3 is 14.8 Å². The number of aryl methyl sites for hydroxylation is 2. The van der Waals surface area contributed by atoms with Gasteiger partial charge in [0.25, 0.3) is 5.91 Å². The number of rotatable bonds is 6. The molecular weight excluding hydrogens is 417 g/mol. The maximum atomic E-state index is 12.6. The first-order valence-electron chi connectivity index (χ1n) is 7.85. The van der Waals surface area contributed by atoms with Crippen LogP contribution in [0.3, 0.4) is 0 Å². The highest BCUT2D eigenvalue weighted by Crippen LogP contribution is 2.34. The van der Waals surface area contributed by atoms with Crippen LogP contribution in [-0.2, 0) is 0 Å². The van der Waals surface area contributed by atoms with Crippen molar-refractivity contribution >= 4 is 34.2 Å². The van der Waals surface area contributed by atoms with Crippen LogP contribution in [0, 0.1) is 17.4 Å². The molecule has 0 aliphatic heterocycles. The maximum absolute atomic E-state index is 12.6. The number of hydrogen-bond donors (Lipinski definition) is 1. The third-order valence-electron chi connectivity index (χ3n) is 3.58. The van der Waals surface area contributed by atoms with Gasteiger partial charge in [0.2, 0.25) is 0 Å². The van der Waals surface area contributed by atoms with Crippen LogP contribution in [0.1, 0.15) is 34.8 Å². The monoisotopic (exact) mass is 439 g/mol. The molecule has 0 aromatic heterocycles. The lowest BCUT2D eigenvalue weighted by molar-refractivity contribution is 0.102. The number of ether oxygens (including phenoxy) is 2. The fourth-order valence-electron chi connectivity index (χ4n) is 2.26. The predicted octanol–water partition coefficient (Wildman–Crippen LogP) is 4.96. The van der Waals surface area contributed by atoms with Crippen LogP contribution in [0.5, 0.6) is 11.5 Å². The lowest BCUT2D eigenvalue weighted by Crippen LogP contribution is -2.14. The van der Waals surface area contributed by atoms with E-state index in [1.807, 2.05) is 45.0 Å². The summed E-state index contributed by atoms with van der Waals surface area (Å²) in [5.74, 6) is 1.09. The molecule has 1 N–H and O–H groups in total. The van der Waals surface area contributed by atoms with Crippen molar-refractivity contribution < 1.29 is 14.3 Å². The summed E-state index contributed by atoms with van der Waals surface area (Å²) >= 11 is 2.17. The zero-order chi connectivity index (χ0) is 17.7. The van der Waals surface area contributed by atoms with Gasteiger partial charge in [-0.3, -0.25) is 4.79 Å². The normalized spacial score (nSPS) is 10.4. The zero-order valence-electron chi connectivity index (χ0n) is 14.4. The second-order valence-electron chi connectivity index (χ2n) is 5.61. The summed E-state index contributed by atoms with van der Waals surface area (Å²) < 4.78 is 12.0. The van der Waals surface area contributed by atoms with Crippen molar-refractivity contribution in [2.45, 2.75) is 27.2 Å². The number of carbonyl (C=O) groups excluding carboxylic acids is 1. The van der Waals surface area contributed by atoms with Crippen molar-refractivity contribution in [1.82, 2.24) is 0 Å². The molecule has 0 radical (unpaired) electrons. The van der Waals surface area contributed by atoms with Crippen molar-refractivity contribution in [1.29, 1.82) is 0 Å². The second-order valence-corrected chi connectivity index (χ2v) is 6.77. The standard InChI is InChI=1S/C19H22INO3/c1-5-8-24-18-15(20)10-14(11-17(18)23-4)19(22)21-16-9-12(2)6-7-13(16)3/h6-7,9-11H,5,8H2,1-4H3,(H,21,22). The number of halogens is 1. The van der Waals surface area contributed by atoms with Crippen LogP contribution in [-0.4, -0.2) is 19.6 Å². The molecule has 0 unspecified atom stereocenters. The Kier molecular flexibility index (Phi) is 6.48. The summed E-state index contributed by atoms with van der Waals surface area (Å²) in [6.45, 7) is 6.63. The predicted molar refractivity (Wildman–Crippen MR) is 105 cm³/mol. The molecule has 2 rings (SSSR count). The smallest absolute Gasteiger partial charge is 0.255 e. The highest BCUT2D eigenvalue weighted by Gasteiger charge is 2.16. The number of nitrogens with one attached hydrogen (secondary N) is 1. The van der Waals surface area contributed by atoms with E-state index in [2.05, 4.69) is 27.9 Å². The number of carbonyl (C=O) groups is 1.